The summed E-state index contributed by atoms with van der Waals surface area (Å²) < 4.78 is 21.8. The quantitative estimate of drug-likeness (QED) is 0.102. The number of unbranched alkanes of at least 4 members (excludes halogenated alkanes) is 1. The van der Waals surface area contributed by atoms with Gasteiger partial charge in [-0.15, -0.1) is 0 Å². The largest absolute Gasteiger partial charge is 0.489 e. The van der Waals surface area contributed by atoms with E-state index in [-0.39, 0.29) is 36.7 Å². The van der Waals surface area contributed by atoms with Crippen molar-refractivity contribution in [3.8, 4) is 11.8 Å². The highest BCUT2D eigenvalue weighted by Crippen LogP contribution is 2.40. The van der Waals surface area contributed by atoms with E-state index < -0.39 is 28.9 Å². The number of non-ortho nitro benzene ring substituents is 1. The molecule has 1 heterocycles. The van der Waals surface area contributed by atoms with E-state index in [1.165, 1.54) is 25.3 Å². The number of rotatable bonds is 17. The normalized spacial score (nSPS) is 15.1. The Morgan fingerprint density at radius 2 is 1.93 bits per heavy atom. The molecule has 0 radical (unpaired) electrons. The van der Waals surface area contributed by atoms with Crippen LogP contribution in [0.3, 0.4) is 0 Å². The van der Waals surface area contributed by atoms with Crippen molar-refractivity contribution < 1.29 is 38.6 Å². The SMILES string of the molecule is CCOC(=O)C1=C(COCCCCNCC(O)COc2ccccc2C#N)NC(C)=C(C(=O)OC)C1c1cccc([N+](=O)[O-])c1. The molecule has 2 aromatic rings. The molecule has 2 atom stereocenters. The average Bonchev–Trinajstić information content (AvgIpc) is 3.04. The molecule has 0 saturated carbocycles. The molecule has 1 aliphatic heterocycles. The number of hydrogen-bond donors (Lipinski definition) is 3. The Balaban J connectivity index is 1.60. The summed E-state index contributed by atoms with van der Waals surface area (Å²) in [4.78, 5) is 37.1. The molecule has 0 fully saturated rings. The Morgan fingerprint density at radius 3 is 2.64 bits per heavy atom. The van der Waals surface area contributed by atoms with Crippen LogP contribution in [-0.2, 0) is 23.8 Å². The molecule has 0 aliphatic carbocycles. The predicted octanol–water partition coefficient (Wildman–Crippen LogP) is 3.24. The number of carbonyl (C=O) groups is 2. The van der Waals surface area contributed by atoms with Crippen molar-refractivity contribution in [2.24, 2.45) is 0 Å². The molecule has 3 N–H and O–H groups in total. The molecule has 0 amide bonds. The number of dihydropyridines is 1. The minimum absolute atomic E-state index is 0.000972. The van der Waals surface area contributed by atoms with Crippen molar-refractivity contribution in [2.45, 2.75) is 38.7 Å². The fourth-order valence-electron chi connectivity index (χ4n) is 4.82. The van der Waals surface area contributed by atoms with Crippen molar-refractivity contribution in [1.82, 2.24) is 10.6 Å². The van der Waals surface area contributed by atoms with Crippen molar-refractivity contribution in [3.63, 3.8) is 0 Å². The third-order valence-corrected chi connectivity index (χ3v) is 6.92. The third-order valence-electron chi connectivity index (χ3n) is 6.92. The number of carbonyl (C=O) groups excluding carboxylic acids is 2. The van der Waals surface area contributed by atoms with E-state index in [9.17, 15) is 24.8 Å². The van der Waals surface area contributed by atoms with Gasteiger partial charge >= 0.3 is 11.9 Å². The monoisotopic (exact) mass is 622 g/mol. The van der Waals surface area contributed by atoms with E-state index in [1.807, 2.05) is 6.07 Å². The number of benzene rings is 2. The number of allylic oxidation sites excluding steroid dienone is 1. The smallest absolute Gasteiger partial charge is 0.336 e. The molecular formula is C32H38N4O9. The summed E-state index contributed by atoms with van der Waals surface area (Å²) in [6.45, 7) is 4.71. The number of methoxy groups -OCH3 is 1. The van der Waals surface area contributed by atoms with Crippen molar-refractivity contribution in [1.29, 1.82) is 5.26 Å². The Kier molecular flexibility index (Phi) is 13.5. The van der Waals surface area contributed by atoms with Gasteiger partial charge in [0.2, 0.25) is 0 Å². The number of nitrogens with one attached hydrogen (secondary N) is 2. The lowest BCUT2D eigenvalue weighted by Gasteiger charge is -2.31. The van der Waals surface area contributed by atoms with E-state index in [4.69, 9.17) is 24.2 Å². The molecule has 45 heavy (non-hydrogen) atoms. The minimum Gasteiger partial charge on any atom is -0.489 e. The molecule has 240 valence electrons. The van der Waals surface area contributed by atoms with Crippen LogP contribution in [-0.4, -0.2) is 74.7 Å². The minimum atomic E-state index is -0.982. The first kappa shape index (κ1) is 34.7. The van der Waals surface area contributed by atoms with Crippen molar-refractivity contribution in [2.75, 3.05) is 46.6 Å². The van der Waals surface area contributed by atoms with Gasteiger partial charge in [-0.1, -0.05) is 24.3 Å². The van der Waals surface area contributed by atoms with Crippen LogP contribution in [0.25, 0.3) is 0 Å². The molecule has 0 aromatic heterocycles. The zero-order chi connectivity index (χ0) is 32.8. The van der Waals surface area contributed by atoms with Crippen LogP contribution < -0.4 is 15.4 Å². The average molecular weight is 623 g/mol. The maximum absolute atomic E-state index is 13.3. The van der Waals surface area contributed by atoms with Gasteiger partial charge in [-0.2, -0.15) is 5.26 Å². The van der Waals surface area contributed by atoms with Crippen LogP contribution >= 0.6 is 0 Å². The third kappa shape index (κ3) is 9.61. The number of para-hydroxylation sites is 1. The molecule has 0 spiro atoms. The van der Waals surface area contributed by atoms with Crippen LogP contribution in [0.5, 0.6) is 5.75 Å². The molecular weight excluding hydrogens is 584 g/mol. The number of aliphatic hydroxyl groups is 1. The van der Waals surface area contributed by atoms with Crippen LogP contribution in [0.4, 0.5) is 5.69 Å². The summed E-state index contributed by atoms with van der Waals surface area (Å²) in [5.41, 5.74) is 1.63. The molecule has 13 nitrogen and oxygen atoms in total. The highest BCUT2D eigenvalue weighted by atomic mass is 16.6. The van der Waals surface area contributed by atoms with Crippen molar-refractivity contribution >= 4 is 17.6 Å². The second kappa shape index (κ2) is 17.5. The first-order valence-corrected chi connectivity index (χ1v) is 14.5. The van der Waals surface area contributed by atoms with Gasteiger partial charge in [0.15, 0.2) is 0 Å². The summed E-state index contributed by atoms with van der Waals surface area (Å²) in [5.74, 6) is -1.93. The maximum atomic E-state index is 13.3. The van der Waals surface area contributed by atoms with E-state index in [0.717, 1.165) is 6.42 Å². The van der Waals surface area contributed by atoms with E-state index in [0.29, 0.717) is 54.4 Å². The van der Waals surface area contributed by atoms with Gasteiger partial charge in [0.25, 0.3) is 5.69 Å². The summed E-state index contributed by atoms with van der Waals surface area (Å²) in [6, 6.07) is 14.6. The number of hydrogen-bond acceptors (Lipinski definition) is 12. The van der Waals surface area contributed by atoms with Crippen LogP contribution in [0.15, 0.2) is 71.1 Å². The Labute approximate surface area is 261 Å². The van der Waals surface area contributed by atoms with E-state index in [2.05, 4.69) is 10.6 Å². The number of aliphatic hydroxyl groups excluding tert-OH is 1. The van der Waals surface area contributed by atoms with Gasteiger partial charge in [0.1, 0.15) is 24.5 Å². The number of nitriles is 1. The Morgan fingerprint density at radius 1 is 1.16 bits per heavy atom. The van der Waals surface area contributed by atoms with Crippen molar-refractivity contribution in [3.05, 3.63) is 92.3 Å². The van der Waals surface area contributed by atoms with E-state index >= 15 is 0 Å². The fraction of sp³-hybridized carbons (Fsp3) is 0.406. The number of nitro groups is 1. The van der Waals surface area contributed by atoms with Crippen LogP contribution in [0.1, 0.15) is 43.7 Å². The Bertz CT molecular complexity index is 1460. The lowest BCUT2D eigenvalue weighted by molar-refractivity contribution is -0.384. The lowest BCUT2D eigenvalue weighted by atomic mass is 9.80. The summed E-state index contributed by atoms with van der Waals surface area (Å²) >= 11 is 0. The second-order valence-electron chi connectivity index (χ2n) is 10.1. The highest BCUT2D eigenvalue weighted by molar-refractivity contribution is 6.00. The number of esters is 2. The predicted molar refractivity (Wildman–Crippen MR) is 163 cm³/mol. The first-order valence-electron chi connectivity index (χ1n) is 14.5. The maximum Gasteiger partial charge on any atom is 0.336 e. The molecule has 13 heteroatoms. The zero-order valence-corrected chi connectivity index (χ0v) is 25.5. The zero-order valence-electron chi connectivity index (χ0n) is 25.5. The first-order chi connectivity index (χ1) is 21.7. The number of nitro benzene ring substituents is 1. The molecule has 2 unspecified atom stereocenters. The highest BCUT2D eigenvalue weighted by Gasteiger charge is 2.39. The molecule has 3 rings (SSSR count). The number of ether oxygens (including phenoxy) is 4. The molecule has 2 aromatic carbocycles. The summed E-state index contributed by atoms with van der Waals surface area (Å²) in [6.07, 6.45) is 0.654. The fourth-order valence-corrected chi connectivity index (χ4v) is 4.82. The van der Waals surface area contributed by atoms with Gasteiger partial charge in [-0.05, 0) is 50.9 Å². The molecule has 0 bridgehead atoms. The molecule has 1 aliphatic rings. The summed E-state index contributed by atoms with van der Waals surface area (Å²) in [7, 11) is 1.22. The lowest BCUT2D eigenvalue weighted by Crippen LogP contribution is -2.34. The topological polar surface area (TPSA) is 182 Å². The standard InChI is InChI=1S/C32H38N4O9/c1-4-44-32(39)30-26(35-21(2)28(31(38)42-3)29(30)22-11-9-12-24(16-22)36(40)41)20-43-15-8-7-14-34-18-25(37)19-45-27-13-6-5-10-23(27)17-33/h5-6,9-13,16,25,29,34-35,37H,4,7-8,14-15,18-20H2,1-3H3. The van der Waals surface area contributed by atoms with Gasteiger partial charge < -0.3 is 34.7 Å². The molecule has 0 saturated heterocycles. The second-order valence-corrected chi connectivity index (χ2v) is 10.1. The van der Waals surface area contributed by atoms with Crippen LogP contribution in [0.2, 0.25) is 0 Å². The number of nitrogens with zero attached hydrogens (tertiary/aromatic N) is 2. The van der Waals surface area contributed by atoms with Gasteiger partial charge in [0, 0.05) is 31.0 Å². The van der Waals surface area contributed by atoms with E-state index in [1.54, 1.807) is 44.2 Å². The van der Waals surface area contributed by atoms with Crippen LogP contribution in [0, 0.1) is 21.4 Å². The van der Waals surface area contributed by atoms with Gasteiger partial charge in [0.05, 0.1) is 53.6 Å². The Hall–Kier alpha value is -4.77. The summed E-state index contributed by atoms with van der Waals surface area (Å²) in [5, 5.41) is 37.1. The van der Waals surface area contributed by atoms with Gasteiger partial charge in [-0.3, -0.25) is 10.1 Å². The van der Waals surface area contributed by atoms with Gasteiger partial charge in [-0.25, -0.2) is 9.59 Å².